The molecule has 6 heteroatoms. The molecule has 0 unspecified atom stereocenters. The van der Waals surface area contributed by atoms with Gasteiger partial charge in [0.05, 0.1) is 5.69 Å². The monoisotopic (exact) mass is 206 g/mol. The molecule has 6 nitrogen and oxygen atoms in total. The first-order valence-corrected chi connectivity index (χ1v) is 4.36. The van der Waals surface area contributed by atoms with Crippen molar-refractivity contribution in [1.29, 1.82) is 0 Å². The van der Waals surface area contributed by atoms with Gasteiger partial charge in [0, 0.05) is 0 Å². The summed E-state index contributed by atoms with van der Waals surface area (Å²) in [5, 5.41) is 5.95. The molecule has 0 fully saturated rings. The number of nitrogens with zero attached hydrogens (tertiary/aromatic N) is 1. The van der Waals surface area contributed by atoms with Crippen LogP contribution in [0, 0.1) is 0 Å². The van der Waals surface area contributed by atoms with Crippen molar-refractivity contribution in [2.45, 2.75) is 6.61 Å². The fourth-order valence-electron chi connectivity index (χ4n) is 1.13. The smallest absolute Gasteiger partial charge is 0.340 e. The van der Waals surface area contributed by atoms with Crippen LogP contribution in [-0.2, 0) is 6.61 Å². The van der Waals surface area contributed by atoms with E-state index in [0.717, 1.165) is 0 Å². The summed E-state index contributed by atoms with van der Waals surface area (Å²) in [6, 6.07) is 7.13. The van der Waals surface area contributed by atoms with E-state index >= 15 is 0 Å². The summed E-state index contributed by atoms with van der Waals surface area (Å²) < 4.78 is 5.36. The van der Waals surface area contributed by atoms with Crippen molar-refractivity contribution in [2.24, 2.45) is 0 Å². The molecule has 0 bridgehead atoms. The number of aromatic nitrogens is 3. The van der Waals surface area contributed by atoms with Crippen LogP contribution >= 0.6 is 0 Å². The number of nitrogens with two attached hydrogens (primary N) is 1. The maximum atomic E-state index is 10.7. The van der Waals surface area contributed by atoms with E-state index in [4.69, 9.17) is 10.5 Å². The molecular formula is C9H10N4O2. The number of nitrogens with one attached hydrogen (secondary N) is 2. The molecule has 0 aliphatic carbocycles. The summed E-state index contributed by atoms with van der Waals surface area (Å²) in [5.41, 5.74) is 5.86. The summed E-state index contributed by atoms with van der Waals surface area (Å²) in [6.45, 7) is 0.174. The average Bonchev–Trinajstić information content (AvgIpc) is 2.63. The van der Waals surface area contributed by atoms with Crippen molar-refractivity contribution in [3.63, 3.8) is 0 Å². The van der Waals surface area contributed by atoms with E-state index in [1.165, 1.54) is 0 Å². The number of benzene rings is 1. The topological polar surface area (TPSA) is 96.8 Å². The van der Waals surface area contributed by atoms with Gasteiger partial charge in [-0.05, 0) is 12.1 Å². The van der Waals surface area contributed by atoms with Crippen LogP contribution in [0.25, 0.3) is 0 Å². The van der Waals surface area contributed by atoms with Gasteiger partial charge in [-0.1, -0.05) is 12.1 Å². The Balaban J connectivity index is 2.05. The molecule has 1 aromatic heterocycles. The van der Waals surface area contributed by atoms with Crippen molar-refractivity contribution in [3.8, 4) is 5.75 Å². The second-order valence-corrected chi connectivity index (χ2v) is 2.95. The van der Waals surface area contributed by atoms with Gasteiger partial charge in [0.15, 0.2) is 5.82 Å². The quantitative estimate of drug-likeness (QED) is 0.627. The summed E-state index contributed by atoms with van der Waals surface area (Å²) in [7, 11) is 0. The highest BCUT2D eigenvalue weighted by atomic mass is 16.5. The molecule has 2 rings (SSSR count). The van der Waals surface area contributed by atoms with E-state index in [0.29, 0.717) is 17.3 Å². The van der Waals surface area contributed by atoms with Gasteiger partial charge in [0.25, 0.3) is 0 Å². The standard InChI is InChI=1S/C9H10N4O2/c10-6-3-1-2-4-7(6)15-5-8-11-9(14)13-12-8/h1-4H,5,10H2,(H2,11,12,13,14). The SMILES string of the molecule is Nc1ccccc1OCc1n[nH]c(=O)[nH]1. The molecule has 0 saturated carbocycles. The zero-order valence-corrected chi connectivity index (χ0v) is 7.86. The molecule has 1 aromatic carbocycles. The summed E-state index contributed by atoms with van der Waals surface area (Å²) >= 11 is 0. The Labute approximate surface area is 85.1 Å². The fourth-order valence-corrected chi connectivity index (χ4v) is 1.13. The van der Waals surface area contributed by atoms with Crippen LogP contribution in [0.1, 0.15) is 5.82 Å². The van der Waals surface area contributed by atoms with Crippen LogP contribution in [-0.4, -0.2) is 15.2 Å². The molecule has 0 radical (unpaired) electrons. The van der Waals surface area contributed by atoms with Gasteiger partial charge < -0.3 is 10.5 Å². The number of para-hydroxylation sites is 2. The Bertz CT molecular complexity index is 503. The molecule has 15 heavy (non-hydrogen) atoms. The highest BCUT2D eigenvalue weighted by Crippen LogP contribution is 2.20. The van der Waals surface area contributed by atoms with E-state index in [-0.39, 0.29) is 12.3 Å². The second-order valence-electron chi connectivity index (χ2n) is 2.95. The van der Waals surface area contributed by atoms with Crippen molar-refractivity contribution in [2.75, 3.05) is 5.73 Å². The first kappa shape index (κ1) is 9.32. The van der Waals surface area contributed by atoms with Crippen molar-refractivity contribution >= 4 is 5.69 Å². The molecule has 0 spiro atoms. The number of H-pyrrole nitrogens is 2. The third-order valence-electron chi connectivity index (χ3n) is 1.83. The largest absolute Gasteiger partial charge is 0.483 e. The third-order valence-corrected chi connectivity index (χ3v) is 1.83. The molecule has 1 heterocycles. The minimum atomic E-state index is -0.352. The van der Waals surface area contributed by atoms with Crippen LogP contribution in [0.2, 0.25) is 0 Å². The zero-order valence-electron chi connectivity index (χ0n) is 7.86. The highest BCUT2D eigenvalue weighted by molar-refractivity contribution is 5.51. The highest BCUT2D eigenvalue weighted by Gasteiger charge is 2.01. The minimum Gasteiger partial charge on any atom is -0.483 e. The summed E-state index contributed by atoms with van der Waals surface area (Å²) in [5.74, 6) is 1.00. The van der Waals surface area contributed by atoms with E-state index in [1.54, 1.807) is 12.1 Å². The van der Waals surface area contributed by atoms with Gasteiger partial charge in [0.1, 0.15) is 12.4 Å². The number of rotatable bonds is 3. The molecule has 0 aliphatic heterocycles. The fraction of sp³-hybridized carbons (Fsp3) is 0.111. The average molecular weight is 206 g/mol. The van der Waals surface area contributed by atoms with Crippen LogP contribution in [0.3, 0.4) is 0 Å². The normalized spacial score (nSPS) is 10.1. The number of ether oxygens (including phenoxy) is 1. The number of hydrogen-bond acceptors (Lipinski definition) is 4. The Morgan fingerprint density at radius 2 is 2.20 bits per heavy atom. The number of nitrogen functional groups attached to an aromatic ring is 1. The Morgan fingerprint density at radius 1 is 1.40 bits per heavy atom. The summed E-state index contributed by atoms with van der Waals surface area (Å²) in [6.07, 6.45) is 0. The van der Waals surface area contributed by atoms with Crippen molar-refractivity contribution in [1.82, 2.24) is 15.2 Å². The van der Waals surface area contributed by atoms with Crippen molar-refractivity contribution < 1.29 is 4.74 Å². The van der Waals surface area contributed by atoms with Gasteiger partial charge in [0.2, 0.25) is 0 Å². The lowest BCUT2D eigenvalue weighted by Gasteiger charge is -2.05. The lowest BCUT2D eigenvalue weighted by atomic mass is 10.3. The van der Waals surface area contributed by atoms with E-state index in [9.17, 15) is 4.79 Å². The predicted molar refractivity (Wildman–Crippen MR) is 54.4 cm³/mol. The lowest BCUT2D eigenvalue weighted by molar-refractivity contribution is 0.298. The molecule has 2 aromatic rings. The number of aromatic amines is 2. The van der Waals surface area contributed by atoms with Crippen LogP contribution in [0.4, 0.5) is 5.69 Å². The third kappa shape index (κ3) is 2.16. The summed E-state index contributed by atoms with van der Waals surface area (Å²) in [4.78, 5) is 13.2. The van der Waals surface area contributed by atoms with Gasteiger partial charge in [-0.25, -0.2) is 9.89 Å². The Kier molecular flexibility index (Phi) is 2.40. The van der Waals surface area contributed by atoms with Crippen LogP contribution in [0.5, 0.6) is 5.75 Å². The number of hydrogen-bond donors (Lipinski definition) is 3. The van der Waals surface area contributed by atoms with E-state index in [2.05, 4.69) is 15.2 Å². The Hall–Kier alpha value is -2.24. The predicted octanol–water partition coefficient (Wildman–Crippen LogP) is 0.259. The first-order valence-electron chi connectivity index (χ1n) is 4.36. The molecule has 0 amide bonds. The molecule has 78 valence electrons. The molecule has 0 aliphatic rings. The second kappa shape index (κ2) is 3.87. The maximum Gasteiger partial charge on any atom is 0.340 e. The molecule has 0 saturated heterocycles. The Morgan fingerprint density at radius 3 is 2.87 bits per heavy atom. The van der Waals surface area contributed by atoms with E-state index in [1.807, 2.05) is 12.1 Å². The molecular weight excluding hydrogens is 196 g/mol. The molecule has 4 N–H and O–H groups in total. The van der Waals surface area contributed by atoms with Crippen molar-refractivity contribution in [3.05, 3.63) is 40.6 Å². The first-order chi connectivity index (χ1) is 7.25. The van der Waals surface area contributed by atoms with Crippen LogP contribution in [0.15, 0.2) is 29.1 Å². The van der Waals surface area contributed by atoms with Gasteiger partial charge in [-0.2, -0.15) is 5.10 Å². The van der Waals surface area contributed by atoms with Crippen LogP contribution < -0.4 is 16.2 Å². The molecule has 0 atom stereocenters. The van der Waals surface area contributed by atoms with E-state index < -0.39 is 0 Å². The number of anilines is 1. The minimum absolute atomic E-state index is 0.174. The van der Waals surface area contributed by atoms with Gasteiger partial charge in [-0.3, -0.25) is 4.98 Å². The zero-order chi connectivity index (χ0) is 10.7. The van der Waals surface area contributed by atoms with Gasteiger partial charge in [-0.15, -0.1) is 0 Å². The maximum absolute atomic E-state index is 10.7. The lowest BCUT2D eigenvalue weighted by Crippen LogP contribution is -2.03. The van der Waals surface area contributed by atoms with Gasteiger partial charge >= 0.3 is 5.69 Å².